The molecule has 0 spiro atoms. The van der Waals surface area contributed by atoms with Crippen LogP contribution in [0.15, 0.2) is 72.8 Å². The molecule has 1 saturated heterocycles. The van der Waals surface area contributed by atoms with Crippen LogP contribution in [0.5, 0.6) is 0 Å². The number of carbonyl (C=O) groups excluding carboxylic acids is 2. The first-order valence-corrected chi connectivity index (χ1v) is 14.5. The van der Waals surface area contributed by atoms with Gasteiger partial charge in [-0.3, -0.25) is 4.79 Å². The van der Waals surface area contributed by atoms with Crippen molar-refractivity contribution in [3.8, 4) is 0 Å². The highest BCUT2D eigenvalue weighted by Gasteiger charge is 2.46. The van der Waals surface area contributed by atoms with Gasteiger partial charge in [0.2, 0.25) is 0 Å². The number of hydrogen-bond acceptors (Lipinski definition) is 7. The van der Waals surface area contributed by atoms with Crippen LogP contribution in [-0.2, 0) is 35.1 Å². The van der Waals surface area contributed by atoms with Crippen molar-refractivity contribution in [1.29, 1.82) is 0 Å². The van der Waals surface area contributed by atoms with Gasteiger partial charge in [-0.05, 0) is 56.2 Å². The van der Waals surface area contributed by atoms with Gasteiger partial charge in [-0.15, -0.1) is 0 Å². The van der Waals surface area contributed by atoms with Crippen LogP contribution in [0.3, 0.4) is 0 Å². The Labute approximate surface area is 237 Å². The molecule has 5 atom stereocenters. The van der Waals surface area contributed by atoms with Crippen molar-refractivity contribution in [3.63, 3.8) is 0 Å². The predicted octanol–water partition coefficient (Wildman–Crippen LogP) is 6.27. The number of esters is 2. The van der Waals surface area contributed by atoms with E-state index in [0.717, 1.165) is 44.1 Å². The average Bonchev–Trinajstić information content (AvgIpc) is 3.31. The second-order valence-corrected chi connectivity index (χ2v) is 10.5. The van der Waals surface area contributed by atoms with Crippen molar-refractivity contribution in [2.75, 3.05) is 20.3 Å². The van der Waals surface area contributed by atoms with E-state index in [4.69, 9.17) is 23.7 Å². The molecule has 2 fully saturated rings. The Morgan fingerprint density at radius 3 is 2.45 bits per heavy atom. The molecule has 1 aliphatic heterocycles. The monoisotopic (exact) mass is 550 g/mol. The van der Waals surface area contributed by atoms with E-state index in [1.165, 1.54) is 7.11 Å². The Morgan fingerprint density at radius 1 is 0.950 bits per heavy atom. The molecule has 2 aromatic carbocycles. The Kier molecular flexibility index (Phi) is 12.2. The fraction of sp³-hybridized carbons (Fsp3) is 0.515. The van der Waals surface area contributed by atoms with Gasteiger partial charge in [-0.25, -0.2) is 4.79 Å². The third-order valence-electron chi connectivity index (χ3n) is 7.68. The number of carbonyl (C=O) groups is 2. The molecule has 216 valence electrons. The molecule has 0 aromatic heterocycles. The van der Waals surface area contributed by atoms with Gasteiger partial charge in [-0.1, -0.05) is 60.7 Å². The summed E-state index contributed by atoms with van der Waals surface area (Å²) in [4.78, 5) is 24.5. The second kappa shape index (κ2) is 16.3. The Morgan fingerprint density at radius 2 is 1.73 bits per heavy atom. The minimum Gasteiger partial charge on any atom is -0.469 e. The molecule has 7 heteroatoms. The zero-order chi connectivity index (χ0) is 28.0. The number of methoxy groups -OCH3 is 1. The standard InChI is InChI=1S/C33H42O7/c1-36-31(34)19-11-3-2-10-18-27-28(24-37-23-25-14-6-4-7-15-25)30(39-32-20-12-13-21-38-32)22-29(27)40-33(35)26-16-8-5-9-17-26/h2,4-10,14-17,27-30,32H,3,11-13,18-24H2,1H3/b10-2-/t27-,28-,29+,30+,32?/m0/s1. The number of ether oxygens (including phenoxy) is 5. The van der Waals surface area contributed by atoms with Crippen molar-refractivity contribution in [2.45, 2.75) is 76.5 Å². The number of rotatable bonds is 14. The Hall–Kier alpha value is -3.00. The molecule has 0 amide bonds. The molecular weight excluding hydrogens is 508 g/mol. The van der Waals surface area contributed by atoms with E-state index < -0.39 is 0 Å². The van der Waals surface area contributed by atoms with E-state index in [0.29, 0.717) is 38.2 Å². The summed E-state index contributed by atoms with van der Waals surface area (Å²) in [5, 5.41) is 0. The highest BCUT2D eigenvalue weighted by atomic mass is 16.7. The average molecular weight is 551 g/mol. The maximum absolute atomic E-state index is 13.1. The fourth-order valence-corrected chi connectivity index (χ4v) is 5.50. The summed E-state index contributed by atoms with van der Waals surface area (Å²) in [5.41, 5.74) is 1.65. The molecule has 4 rings (SSSR count). The first kappa shape index (κ1) is 30.0. The SMILES string of the molecule is COC(=O)CCC/C=C\C[C@H]1[C@H](COCc2ccccc2)[C@H](OC2CCCCO2)C[C@H]1OC(=O)c1ccccc1. The summed E-state index contributed by atoms with van der Waals surface area (Å²) >= 11 is 0. The summed E-state index contributed by atoms with van der Waals surface area (Å²) in [6.07, 6.45) is 9.75. The first-order valence-electron chi connectivity index (χ1n) is 14.5. The lowest BCUT2D eigenvalue weighted by atomic mass is 9.90. The van der Waals surface area contributed by atoms with Crippen LogP contribution in [0, 0.1) is 11.8 Å². The van der Waals surface area contributed by atoms with Crippen molar-refractivity contribution < 1.29 is 33.3 Å². The third kappa shape index (κ3) is 9.29. The summed E-state index contributed by atoms with van der Waals surface area (Å²) in [6.45, 7) is 1.71. The van der Waals surface area contributed by atoms with Gasteiger partial charge < -0.3 is 23.7 Å². The maximum Gasteiger partial charge on any atom is 0.338 e. The van der Waals surface area contributed by atoms with E-state index in [-0.39, 0.29) is 42.3 Å². The zero-order valence-electron chi connectivity index (χ0n) is 23.5. The third-order valence-corrected chi connectivity index (χ3v) is 7.68. The number of allylic oxidation sites excluding steroid dienone is 2. The quantitative estimate of drug-likeness (QED) is 0.156. The number of benzene rings is 2. The smallest absolute Gasteiger partial charge is 0.338 e. The maximum atomic E-state index is 13.1. The fourth-order valence-electron chi connectivity index (χ4n) is 5.50. The van der Waals surface area contributed by atoms with Crippen LogP contribution in [0.4, 0.5) is 0 Å². The summed E-state index contributed by atoms with van der Waals surface area (Å²) in [6, 6.07) is 19.2. The van der Waals surface area contributed by atoms with Crippen molar-refractivity contribution in [1.82, 2.24) is 0 Å². The summed E-state index contributed by atoms with van der Waals surface area (Å²) in [5.74, 6) is -0.467. The van der Waals surface area contributed by atoms with Crippen LogP contribution in [0.1, 0.15) is 67.3 Å². The topological polar surface area (TPSA) is 80.3 Å². The van der Waals surface area contributed by atoms with Gasteiger partial charge >= 0.3 is 11.9 Å². The van der Waals surface area contributed by atoms with Gasteiger partial charge in [0.05, 0.1) is 32.0 Å². The van der Waals surface area contributed by atoms with Crippen LogP contribution in [-0.4, -0.2) is 50.8 Å². The number of hydrogen-bond donors (Lipinski definition) is 0. The van der Waals surface area contributed by atoms with E-state index in [1.807, 2.05) is 36.4 Å². The number of unbranched alkanes of at least 4 members (excludes halogenated alkanes) is 1. The van der Waals surface area contributed by atoms with Crippen molar-refractivity contribution in [2.24, 2.45) is 11.8 Å². The molecule has 0 radical (unpaired) electrons. The molecule has 1 unspecified atom stereocenters. The minimum atomic E-state index is -0.323. The molecule has 2 aromatic rings. The predicted molar refractivity (Wildman–Crippen MR) is 151 cm³/mol. The summed E-state index contributed by atoms with van der Waals surface area (Å²) in [7, 11) is 1.41. The van der Waals surface area contributed by atoms with Gasteiger partial charge in [0.15, 0.2) is 6.29 Å². The molecule has 1 aliphatic carbocycles. The second-order valence-electron chi connectivity index (χ2n) is 10.5. The summed E-state index contributed by atoms with van der Waals surface area (Å²) < 4.78 is 29.6. The van der Waals surface area contributed by atoms with Gasteiger partial charge in [0, 0.05) is 31.3 Å². The minimum absolute atomic E-state index is 0.0221. The van der Waals surface area contributed by atoms with Gasteiger partial charge in [-0.2, -0.15) is 0 Å². The highest BCUT2D eigenvalue weighted by Crippen LogP contribution is 2.41. The lowest BCUT2D eigenvalue weighted by Crippen LogP contribution is -2.33. The lowest BCUT2D eigenvalue weighted by Gasteiger charge is -2.30. The van der Waals surface area contributed by atoms with Crippen molar-refractivity contribution >= 4 is 11.9 Å². The van der Waals surface area contributed by atoms with Gasteiger partial charge in [0.25, 0.3) is 0 Å². The lowest BCUT2D eigenvalue weighted by molar-refractivity contribution is -0.199. The molecule has 2 aliphatic rings. The normalized spacial score (nSPS) is 24.7. The largest absolute Gasteiger partial charge is 0.469 e. The molecule has 1 heterocycles. The Bertz CT molecular complexity index is 1050. The Balaban J connectivity index is 1.47. The van der Waals surface area contributed by atoms with Crippen molar-refractivity contribution in [3.05, 3.63) is 83.9 Å². The van der Waals surface area contributed by atoms with Crippen LogP contribution in [0.25, 0.3) is 0 Å². The molecule has 0 N–H and O–H groups in total. The van der Waals surface area contributed by atoms with E-state index in [1.54, 1.807) is 12.1 Å². The van der Waals surface area contributed by atoms with Gasteiger partial charge in [0.1, 0.15) is 6.10 Å². The van der Waals surface area contributed by atoms with E-state index >= 15 is 0 Å². The van der Waals surface area contributed by atoms with Crippen LogP contribution >= 0.6 is 0 Å². The van der Waals surface area contributed by atoms with E-state index in [2.05, 4.69) is 24.3 Å². The zero-order valence-corrected chi connectivity index (χ0v) is 23.5. The van der Waals surface area contributed by atoms with Crippen LogP contribution in [0.2, 0.25) is 0 Å². The van der Waals surface area contributed by atoms with Crippen LogP contribution < -0.4 is 0 Å². The molecule has 1 saturated carbocycles. The molecule has 0 bridgehead atoms. The van der Waals surface area contributed by atoms with E-state index in [9.17, 15) is 9.59 Å². The molecule has 40 heavy (non-hydrogen) atoms. The first-order chi connectivity index (χ1) is 19.6. The highest BCUT2D eigenvalue weighted by molar-refractivity contribution is 5.89. The molecular formula is C33H42O7. The molecule has 7 nitrogen and oxygen atoms in total.